The third-order valence-electron chi connectivity index (χ3n) is 3.22. The van der Waals surface area contributed by atoms with E-state index in [-0.39, 0.29) is 12.5 Å². The molecule has 1 aromatic carbocycles. The summed E-state index contributed by atoms with van der Waals surface area (Å²) in [5.74, 6) is -0.174. The van der Waals surface area contributed by atoms with Crippen molar-refractivity contribution in [3.63, 3.8) is 0 Å². The number of hydrogen-bond donors (Lipinski definition) is 2. The highest BCUT2D eigenvalue weighted by molar-refractivity contribution is 5.94. The number of hydroxylamine groups is 1. The van der Waals surface area contributed by atoms with Crippen molar-refractivity contribution in [3.05, 3.63) is 34.9 Å². The molecular weight excluding hydrogens is 244 g/mol. The Kier molecular flexibility index (Phi) is 4.16. The third-order valence-corrected chi connectivity index (χ3v) is 3.22. The normalized spacial score (nSPS) is 14.2. The first-order valence-electron chi connectivity index (χ1n) is 6.45. The van der Waals surface area contributed by atoms with Gasteiger partial charge in [-0.3, -0.25) is 14.4 Å². The zero-order chi connectivity index (χ0) is 13.8. The van der Waals surface area contributed by atoms with Gasteiger partial charge in [0.05, 0.1) is 0 Å². The molecule has 0 heterocycles. The Bertz CT molecular complexity index is 495. The average molecular weight is 262 g/mol. The van der Waals surface area contributed by atoms with Crippen molar-refractivity contribution < 1.29 is 14.4 Å². The monoisotopic (exact) mass is 262 g/mol. The van der Waals surface area contributed by atoms with E-state index in [1.54, 1.807) is 13.0 Å². The van der Waals surface area contributed by atoms with Gasteiger partial charge in [0.2, 0.25) is 11.8 Å². The van der Waals surface area contributed by atoms with Crippen LogP contribution in [0, 0.1) is 0 Å². The van der Waals surface area contributed by atoms with E-state index in [1.165, 1.54) is 0 Å². The van der Waals surface area contributed by atoms with E-state index >= 15 is 0 Å². The zero-order valence-corrected chi connectivity index (χ0v) is 10.9. The van der Waals surface area contributed by atoms with Crippen molar-refractivity contribution in [3.8, 4) is 0 Å². The fourth-order valence-electron chi connectivity index (χ4n) is 2.03. The number of benzene rings is 1. The second kappa shape index (κ2) is 5.84. The Morgan fingerprint density at radius 1 is 1.42 bits per heavy atom. The number of nitrogens with two attached hydrogens (primary N) is 1. The maximum absolute atomic E-state index is 11.4. The molecule has 1 saturated carbocycles. The lowest BCUT2D eigenvalue weighted by molar-refractivity contribution is -0.134. The fraction of sp³-hybridized carbons (Fsp3) is 0.429. The van der Waals surface area contributed by atoms with E-state index in [0.717, 1.165) is 24.0 Å². The molecule has 0 aromatic heterocycles. The molecule has 0 saturated heterocycles. The minimum atomic E-state index is -0.470. The van der Waals surface area contributed by atoms with Gasteiger partial charge in [0.15, 0.2) is 0 Å². The predicted octanol–water partition coefficient (Wildman–Crippen LogP) is 1.62. The smallest absolute Gasteiger partial charge is 0.249 e. The summed E-state index contributed by atoms with van der Waals surface area (Å²) in [6.45, 7) is 1.91. The molecule has 0 atom stereocenters. The first-order chi connectivity index (χ1) is 9.13. The highest BCUT2D eigenvalue weighted by Crippen LogP contribution is 2.42. The van der Waals surface area contributed by atoms with Gasteiger partial charge in [0.25, 0.3) is 0 Å². The Balaban J connectivity index is 2.15. The van der Waals surface area contributed by atoms with E-state index in [0.29, 0.717) is 17.9 Å². The topological polar surface area (TPSA) is 81.4 Å². The minimum Gasteiger partial charge on any atom is -0.366 e. The predicted molar refractivity (Wildman–Crippen MR) is 70.2 cm³/mol. The van der Waals surface area contributed by atoms with Gasteiger partial charge >= 0.3 is 0 Å². The summed E-state index contributed by atoms with van der Waals surface area (Å²) in [5, 5.41) is 0. The SMILES string of the molecule is CCC(=O)NOCc1c(C(N)=O)cccc1C1CC1. The van der Waals surface area contributed by atoms with E-state index in [9.17, 15) is 9.59 Å². The lowest BCUT2D eigenvalue weighted by atomic mass is 9.98. The van der Waals surface area contributed by atoms with Crippen LogP contribution in [-0.2, 0) is 16.2 Å². The molecule has 0 unspecified atom stereocenters. The van der Waals surface area contributed by atoms with Crippen LogP contribution in [0.1, 0.15) is 53.6 Å². The number of nitrogens with one attached hydrogen (secondary N) is 1. The highest BCUT2D eigenvalue weighted by Gasteiger charge is 2.27. The van der Waals surface area contributed by atoms with Crippen molar-refractivity contribution in [2.24, 2.45) is 5.73 Å². The standard InChI is InChI=1S/C14H18N2O3/c1-2-13(17)16-19-8-12-10(9-6-7-9)4-3-5-11(12)14(15)18/h3-5,9H,2,6-8H2,1H3,(H2,15,18)(H,16,17). The van der Waals surface area contributed by atoms with Crippen molar-refractivity contribution in [2.75, 3.05) is 0 Å². The number of carbonyl (C=O) groups excluding carboxylic acids is 2. The van der Waals surface area contributed by atoms with E-state index < -0.39 is 5.91 Å². The summed E-state index contributed by atoms with van der Waals surface area (Å²) in [5.41, 5.74) is 10.1. The summed E-state index contributed by atoms with van der Waals surface area (Å²) in [4.78, 5) is 27.7. The third kappa shape index (κ3) is 3.32. The molecule has 0 aliphatic heterocycles. The first kappa shape index (κ1) is 13.5. The van der Waals surface area contributed by atoms with Crippen LogP contribution in [0.4, 0.5) is 0 Å². The van der Waals surface area contributed by atoms with Crippen molar-refractivity contribution in [1.82, 2.24) is 5.48 Å². The van der Waals surface area contributed by atoms with Crippen LogP contribution < -0.4 is 11.2 Å². The molecule has 1 fully saturated rings. The lowest BCUT2D eigenvalue weighted by Crippen LogP contribution is -2.24. The molecule has 1 aliphatic carbocycles. The van der Waals surface area contributed by atoms with E-state index in [4.69, 9.17) is 10.6 Å². The van der Waals surface area contributed by atoms with Gasteiger partial charge in [-0.15, -0.1) is 0 Å². The Morgan fingerprint density at radius 3 is 2.74 bits per heavy atom. The molecular formula is C14H18N2O3. The molecule has 102 valence electrons. The number of hydrogen-bond acceptors (Lipinski definition) is 3. The lowest BCUT2D eigenvalue weighted by Gasteiger charge is -2.13. The van der Waals surface area contributed by atoms with Crippen molar-refractivity contribution in [1.29, 1.82) is 0 Å². The molecule has 2 rings (SSSR count). The fourth-order valence-corrected chi connectivity index (χ4v) is 2.03. The van der Waals surface area contributed by atoms with Gasteiger partial charge in [0.1, 0.15) is 6.61 Å². The molecule has 1 aromatic rings. The average Bonchev–Trinajstić information content (AvgIpc) is 3.22. The van der Waals surface area contributed by atoms with Gasteiger partial charge < -0.3 is 5.73 Å². The van der Waals surface area contributed by atoms with Crippen molar-refractivity contribution in [2.45, 2.75) is 38.7 Å². The number of amides is 2. The first-order valence-corrected chi connectivity index (χ1v) is 6.45. The van der Waals surface area contributed by atoms with Crippen LogP contribution in [0.15, 0.2) is 18.2 Å². The van der Waals surface area contributed by atoms with Crippen LogP contribution in [0.5, 0.6) is 0 Å². The Morgan fingerprint density at radius 2 is 2.16 bits per heavy atom. The number of carbonyl (C=O) groups is 2. The van der Waals surface area contributed by atoms with Gasteiger partial charge in [0, 0.05) is 12.0 Å². The molecule has 0 spiro atoms. The summed E-state index contributed by atoms with van der Waals surface area (Å²) in [6, 6.07) is 5.51. The molecule has 5 nitrogen and oxygen atoms in total. The molecule has 2 amide bonds. The molecule has 0 bridgehead atoms. The van der Waals surface area contributed by atoms with Crippen LogP contribution >= 0.6 is 0 Å². The van der Waals surface area contributed by atoms with Crippen LogP contribution in [0.25, 0.3) is 0 Å². The van der Waals surface area contributed by atoms with E-state index in [2.05, 4.69) is 5.48 Å². The maximum atomic E-state index is 11.4. The van der Waals surface area contributed by atoms with E-state index in [1.807, 2.05) is 12.1 Å². The quantitative estimate of drug-likeness (QED) is 0.764. The molecule has 1 aliphatic rings. The maximum Gasteiger partial charge on any atom is 0.249 e. The molecule has 19 heavy (non-hydrogen) atoms. The number of rotatable bonds is 6. The second-order valence-electron chi connectivity index (χ2n) is 4.68. The van der Waals surface area contributed by atoms with Crippen LogP contribution in [0.3, 0.4) is 0 Å². The summed E-state index contributed by atoms with van der Waals surface area (Å²) < 4.78 is 0. The van der Waals surface area contributed by atoms with Crippen LogP contribution in [0.2, 0.25) is 0 Å². The second-order valence-corrected chi connectivity index (χ2v) is 4.68. The van der Waals surface area contributed by atoms with Gasteiger partial charge in [-0.25, -0.2) is 5.48 Å². The zero-order valence-electron chi connectivity index (χ0n) is 10.9. The minimum absolute atomic E-state index is 0.163. The Hall–Kier alpha value is -1.88. The highest BCUT2D eigenvalue weighted by atomic mass is 16.6. The molecule has 0 radical (unpaired) electrons. The molecule has 3 N–H and O–H groups in total. The van der Waals surface area contributed by atoms with Crippen LogP contribution in [-0.4, -0.2) is 11.8 Å². The number of primary amides is 1. The summed E-state index contributed by atoms with van der Waals surface area (Å²) in [6.07, 6.45) is 2.60. The summed E-state index contributed by atoms with van der Waals surface area (Å²) >= 11 is 0. The summed E-state index contributed by atoms with van der Waals surface area (Å²) in [7, 11) is 0. The van der Waals surface area contributed by atoms with Gasteiger partial charge in [-0.1, -0.05) is 19.1 Å². The van der Waals surface area contributed by atoms with Gasteiger partial charge in [-0.2, -0.15) is 0 Å². The largest absolute Gasteiger partial charge is 0.366 e. The molecule has 5 heteroatoms. The van der Waals surface area contributed by atoms with Gasteiger partial charge in [-0.05, 0) is 36.0 Å². The van der Waals surface area contributed by atoms with Crippen molar-refractivity contribution >= 4 is 11.8 Å². The Labute approximate surface area is 112 Å².